The predicted molar refractivity (Wildman–Crippen MR) is 139 cm³/mol. The van der Waals surface area contributed by atoms with E-state index in [1.807, 2.05) is 32.4 Å². The molecule has 1 amide bonds. The summed E-state index contributed by atoms with van der Waals surface area (Å²) in [6.45, 7) is 8.01. The zero-order valence-electron chi connectivity index (χ0n) is 22.6. The van der Waals surface area contributed by atoms with Crippen molar-refractivity contribution < 1.29 is 27.8 Å². The first-order valence-electron chi connectivity index (χ1n) is 12.8. The first-order valence-corrected chi connectivity index (χ1v) is 12.8. The third kappa shape index (κ3) is 5.63. The number of ketones is 1. The normalized spacial score (nSPS) is 14.5. The molecule has 0 radical (unpaired) electrons. The van der Waals surface area contributed by atoms with Gasteiger partial charge >= 0.3 is 6.09 Å². The van der Waals surface area contributed by atoms with Gasteiger partial charge in [-0.15, -0.1) is 5.10 Å². The summed E-state index contributed by atoms with van der Waals surface area (Å²) < 4.78 is 42.1. The van der Waals surface area contributed by atoms with Crippen LogP contribution in [0.1, 0.15) is 55.8 Å². The van der Waals surface area contributed by atoms with Crippen molar-refractivity contribution >= 4 is 17.4 Å². The Hall–Kier alpha value is -4.42. The standard InChI is InChI=1S/C27H29F2N7O4/c1-16-24(32-33-36(16)19-7-9-34(10-8-19)26(38)40-27(2,3)4)17-11-23(25-20(29)13-31-35(25)14-17)39-15-22(37)21-6-5-18(28)12-30-21/h5-6,11-14,19H,7-10,15H2,1-4H3. The van der Waals surface area contributed by atoms with Crippen LogP contribution in [0.5, 0.6) is 5.75 Å². The van der Waals surface area contributed by atoms with E-state index in [9.17, 15) is 18.4 Å². The number of hydrogen-bond acceptors (Lipinski definition) is 8. The van der Waals surface area contributed by atoms with Crippen LogP contribution in [-0.4, -0.2) is 71.7 Å². The highest BCUT2D eigenvalue weighted by Gasteiger charge is 2.29. The first-order chi connectivity index (χ1) is 19.0. The van der Waals surface area contributed by atoms with E-state index in [0.29, 0.717) is 37.2 Å². The van der Waals surface area contributed by atoms with Crippen LogP contribution < -0.4 is 4.74 Å². The molecule has 0 saturated carbocycles. The Balaban J connectivity index is 1.35. The third-order valence-electron chi connectivity index (χ3n) is 6.57. The molecule has 0 N–H and O–H groups in total. The molecule has 13 heteroatoms. The highest BCUT2D eigenvalue weighted by atomic mass is 19.1. The van der Waals surface area contributed by atoms with E-state index in [1.54, 1.807) is 17.2 Å². The van der Waals surface area contributed by atoms with Crippen LogP contribution in [0.15, 0.2) is 36.8 Å². The molecule has 5 rings (SSSR count). The topological polar surface area (TPSA) is 117 Å². The van der Waals surface area contributed by atoms with Gasteiger partial charge in [0.15, 0.2) is 12.4 Å². The number of fused-ring (bicyclic) bond motifs is 1. The molecule has 0 atom stereocenters. The van der Waals surface area contributed by atoms with Crippen LogP contribution in [0.25, 0.3) is 16.8 Å². The third-order valence-corrected chi connectivity index (χ3v) is 6.57. The molecule has 0 bridgehead atoms. The largest absolute Gasteiger partial charge is 0.483 e. The number of pyridine rings is 2. The Morgan fingerprint density at radius 2 is 1.88 bits per heavy atom. The highest BCUT2D eigenvalue weighted by Crippen LogP contribution is 2.32. The number of nitrogens with zero attached hydrogens (tertiary/aromatic N) is 7. The monoisotopic (exact) mass is 553 g/mol. The Morgan fingerprint density at radius 3 is 2.55 bits per heavy atom. The number of halogens is 2. The van der Waals surface area contributed by atoms with Crippen molar-refractivity contribution in [2.75, 3.05) is 19.7 Å². The molecular weight excluding hydrogens is 524 g/mol. The van der Waals surface area contributed by atoms with Crippen LogP contribution in [0.2, 0.25) is 0 Å². The lowest BCUT2D eigenvalue weighted by atomic mass is 10.0. The minimum absolute atomic E-state index is 0.0269. The van der Waals surface area contributed by atoms with E-state index in [4.69, 9.17) is 9.47 Å². The molecule has 4 aromatic rings. The maximum Gasteiger partial charge on any atom is 0.410 e. The number of Topliss-reactive ketones (excluding diaryl/α,β-unsaturated/α-hetero) is 1. The van der Waals surface area contributed by atoms with Gasteiger partial charge in [0.05, 0.1) is 24.1 Å². The Bertz CT molecular complexity index is 1550. The summed E-state index contributed by atoms with van der Waals surface area (Å²) in [5.74, 6) is -1.60. The van der Waals surface area contributed by atoms with Crippen molar-refractivity contribution in [1.82, 2.24) is 34.5 Å². The lowest BCUT2D eigenvalue weighted by Crippen LogP contribution is -2.42. The lowest BCUT2D eigenvalue weighted by molar-refractivity contribution is 0.0183. The van der Waals surface area contributed by atoms with E-state index in [0.717, 1.165) is 24.2 Å². The number of carbonyl (C=O) groups excluding carboxylic acids is 2. The average Bonchev–Trinajstić information content (AvgIpc) is 3.49. The van der Waals surface area contributed by atoms with Crippen molar-refractivity contribution in [3.05, 3.63) is 59.8 Å². The molecule has 1 aliphatic heterocycles. The fraction of sp³-hybridized carbons (Fsp3) is 0.407. The van der Waals surface area contributed by atoms with E-state index < -0.39 is 29.6 Å². The van der Waals surface area contributed by atoms with Crippen LogP contribution in [-0.2, 0) is 4.74 Å². The zero-order valence-corrected chi connectivity index (χ0v) is 22.6. The van der Waals surface area contributed by atoms with Crippen molar-refractivity contribution in [3.8, 4) is 17.0 Å². The molecule has 1 fully saturated rings. The SMILES string of the molecule is Cc1c(-c2cc(OCC(=O)c3ccc(F)cn3)c3c(F)cnn3c2)nnn1C1CCN(C(=O)OC(C)(C)C)CC1. The van der Waals surface area contributed by atoms with Gasteiger partial charge in [-0.2, -0.15) is 5.10 Å². The molecule has 0 aliphatic carbocycles. The fourth-order valence-electron chi connectivity index (χ4n) is 4.62. The maximum absolute atomic E-state index is 14.6. The molecule has 0 aromatic carbocycles. The number of aromatic nitrogens is 6. The van der Waals surface area contributed by atoms with Crippen LogP contribution in [0, 0.1) is 18.6 Å². The second-order valence-electron chi connectivity index (χ2n) is 10.6. The maximum atomic E-state index is 14.6. The van der Waals surface area contributed by atoms with Gasteiger partial charge in [-0.05, 0) is 58.7 Å². The van der Waals surface area contributed by atoms with Crippen molar-refractivity contribution in [2.24, 2.45) is 0 Å². The Labute approximate surface area is 228 Å². The van der Waals surface area contributed by atoms with Gasteiger partial charge < -0.3 is 14.4 Å². The fourth-order valence-corrected chi connectivity index (χ4v) is 4.62. The smallest absolute Gasteiger partial charge is 0.410 e. The number of amides is 1. The Morgan fingerprint density at radius 1 is 1.12 bits per heavy atom. The molecule has 0 spiro atoms. The summed E-state index contributed by atoms with van der Waals surface area (Å²) in [6, 6.07) is 4.00. The minimum Gasteiger partial charge on any atom is -0.483 e. The Kier molecular flexibility index (Phi) is 7.21. The second kappa shape index (κ2) is 10.6. The van der Waals surface area contributed by atoms with Gasteiger partial charge in [-0.3, -0.25) is 4.79 Å². The van der Waals surface area contributed by atoms with Gasteiger partial charge in [-0.25, -0.2) is 27.8 Å². The summed E-state index contributed by atoms with van der Waals surface area (Å²) >= 11 is 0. The number of piperidine rings is 1. The van der Waals surface area contributed by atoms with E-state index >= 15 is 0 Å². The summed E-state index contributed by atoms with van der Waals surface area (Å²) in [6.07, 6.45) is 4.64. The van der Waals surface area contributed by atoms with Crippen LogP contribution in [0.3, 0.4) is 0 Å². The molecule has 0 unspecified atom stereocenters. The van der Waals surface area contributed by atoms with Crippen molar-refractivity contribution in [1.29, 1.82) is 0 Å². The predicted octanol–water partition coefficient (Wildman–Crippen LogP) is 4.41. The summed E-state index contributed by atoms with van der Waals surface area (Å²) in [5.41, 5.74) is 1.41. The van der Waals surface area contributed by atoms with Gasteiger partial charge in [-0.1, -0.05) is 5.21 Å². The zero-order chi connectivity index (χ0) is 28.6. The van der Waals surface area contributed by atoms with E-state index in [-0.39, 0.29) is 29.1 Å². The van der Waals surface area contributed by atoms with Crippen molar-refractivity contribution in [3.63, 3.8) is 0 Å². The number of hydrogen-bond donors (Lipinski definition) is 0. The van der Waals surface area contributed by atoms with E-state index in [1.165, 1.54) is 10.6 Å². The van der Waals surface area contributed by atoms with Crippen LogP contribution >= 0.6 is 0 Å². The van der Waals surface area contributed by atoms with Gasteiger partial charge in [0.1, 0.15) is 34.1 Å². The molecule has 5 heterocycles. The number of likely N-dealkylation sites (tertiary alicyclic amines) is 1. The van der Waals surface area contributed by atoms with Gasteiger partial charge in [0.2, 0.25) is 5.78 Å². The average molecular weight is 554 g/mol. The number of carbonyl (C=O) groups is 2. The van der Waals surface area contributed by atoms with E-state index in [2.05, 4.69) is 20.4 Å². The van der Waals surface area contributed by atoms with Crippen molar-refractivity contribution in [2.45, 2.75) is 52.2 Å². The molecule has 210 valence electrons. The quantitative estimate of drug-likeness (QED) is 0.323. The number of ether oxygens (including phenoxy) is 2. The molecule has 1 aliphatic rings. The summed E-state index contributed by atoms with van der Waals surface area (Å²) in [5, 5.41) is 12.8. The lowest BCUT2D eigenvalue weighted by Gasteiger charge is -2.33. The van der Waals surface area contributed by atoms with Crippen LogP contribution in [0.4, 0.5) is 13.6 Å². The molecular formula is C27H29F2N7O4. The molecule has 1 saturated heterocycles. The highest BCUT2D eigenvalue weighted by molar-refractivity contribution is 5.95. The summed E-state index contributed by atoms with van der Waals surface area (Å²) in [4.78, 5) is 30.4. The summed E-state index contributed by atoms with van der Waals surface area (Å²) in [7, 11) is 0. The molecule has 40 heavy (non-hydrogen) atoms. The van der Waals surface area contributed by atoms with Gasteiger partial charge in [0, 0.05) is 24.8 Å². The number of rotatable bonds is 6. The second-order valence-corrected chi connectivity index (χ2v) is 10.6. The van der Waals surface area contributed by atoms with Gasteiger partial charge in [0.25, 0.3) is 0 Å². The minimum atomic E-state index is -0.619. The molecule has 4 aromatic heterocycles. The molecule has 11 nitrogen and oxygen atoms in total. The first kappa shape index (κ1) is 27.2.